The van der Waals surface area contributed by atoms with Crippen molar-refractivity contribution >= 4 is 17.0 Å². The zero-order valence-corrected chi connectivity index (χ0v) is 10.3. The highest BCUT2D eigenvalue weighted by atomic mass is 16.3. The van der Waals surface area contributed by atoms with Crippen molar-refractivity contribution in [2.45, 2.75) is 39.0 Å². The highest BCUT2D eigenvalue weighted by Gasteiger charge is 2.08. The lowest BCUT2D eigenvalue weighted by atomic mass is 9.94. The summed E-state index contributed by atoms with van der Waals surface area (Å²) in [6.07, 6.45) is 8.80. The van der Waals surface area contributed by atoms with Crippen LogP contribution < -0.4 is 0 Å². The summed E-state index contributed by atoms with van der Waals surface area (Å²) >= 11 is 0. The molecule has 0 saturated heterocycles. The van der Waals surface area contributed by atoms with Crippen LogP contribution in [0.4, 0.5) is 0 Å². The number of aryl methyl sites for hydroxylation is 1. The van der Waals surface area contributed by atoms with Gasteiger partial charge in [0.1, 0.15) is 11.3 Å². The quantitative estimate of drug-likeness (QED) is 0.660. The molecular formula is C16H18O. The molecule has 1 aromatic heterocycles. The summed E-state index contributed by atoms with van der Waals surface area (Å²) in [4.78, 5) is 0. The number of fused-ring (bicyclic) bond motifs is 1. The van der Waals surface area contributed by atoms with E-state index in [0.717, 1.165) is 11.3 Å². The zero-order chi connectivity index (χ0) is 11.7. The molecule has 1 fully saturated rings. The fraction of sp³-hybridized carbons (Fsp3) is 0.375. The SMILES string of the molecule is Cc1cccc2cc(C=C3CCCCC3)oc12. The molecule has 2 aromatic rings. The smallest absolute Gasteiger partial charge is 0.137 e. The third-order valence-corrected chi connectivity index (χ3v) is 3.60. The fourth-order valence-electron chi connectivity index (χ4n) is 2.65. The van der Waals surface area contributed by atoms with Gasteiger partial charge in [-0.2, -0.15) is 0 Å². The maximum atomic E-state index is 5.93. The van der Waals surface area contributed by atoms with E-state index in [1.807, 2.05) is 0 Å². The van der Waals surface area contributed by atoms with Gasteiger partial charge >= 0.3 is 0 Å². The van der Waals surface area contributed by atoms with Crippen molar-refractivity contribution in [1.82, 2.24) is 0 Å². The second-order valence-corrected chi connectivity index (χ2v) is 5.01. The van der Waals surface area contributed by atoms with Crippen molar-refractivity contribution in [2.24, 2.45) is 0 Å². The summed E-state index contributed by atoms with van der Waals surface area (Å²) in [7, 11) is 0. The predicted molar refractivity (Wildman–Crippen MR) is 72.0 cm³/mol. The maximum Gasteiger partial charge on any atom is 0.137 e. The summed E-state index contributed by atoms with van der Waals surface area (Å²) in [6, 6.07) is 8.47. The standard InChI is InChI=1S/C16H18O/c1-12-6-5-9-14-11-15(17-16(12)14)10-13-7-3-2-4-8-13/h5-6,9-11H,2-4,7-8H2,1H3. The highest BCUT2D eigenvalue weighted by Crippen LogP contribution is 2.28. The second-order valence-electron chi connectivity index (χ2n) is 5.01. The molecule has 88 valence electrons. The number of rotatable bonds is 1. The van der Waals surface area contributed by atoms with Crippen LogP contribution >= 0.6 is 0 Å². The summed E-state index contributed by atoms with van der Waals surface area (Å²) in [5.74, 6) is 1.02. The number of hydrogen-bond acceptors (Lipinski definition) is 1. The number of allylic oxidation sites excluding steroid dienone is 1. The fourth-order valence-corrected chi connectivity index (χ4v) is 2.65. The van der Waals surface area contributed by atoms with Gasteiger partial charge in [0.2, 0.25) is 0 Å². The molecule has 0 bridgehead atoms. The molecule has 1 aromatic carbocycles. The molecule has 0 spiro atoms. The Morgan fingerprint density at radius 1 is 1.12 bits per heavy atom. The Bertz CT molecular complexity index is 552. The molecule has 0 radical (unpaired) electrons. The first kappa shape index (κ1) is 10.6. The predicted octanol–water partition coefficient (Wildman–Crippen LogP) is 5.09. The van der Waals surface area contributed by atoms with E-state index in [4.69, 9.17) is 4.42 Å². The van der Waals surface area contributed by atoms with Gasteiger partial charge < -0.3 is 4.42 Å². The lowest BCUT2D eigenvalue weighted by Gasteiger charge is -2.12. The Morgan fingerprint density at radius 3 is 2.71 bits per heavy atom. The van der Waals surface area contributed by atoms with E-state index < -0.39 is 0 Å². The largest absolute Gasteiger partial charge is 0.456 e. The molecule has 17 heavy (non-hydrogen) atoms. The van der Waals surface area contributed by atoms with Gasteiger partial charge in [-0.3, -0.25) is 0 Å². The third-order valence-electron chi connectivity index (χ3n) is 3.60. The van der Waals surface area contributed by atoms with Crippen LogP contribution in [0.15, 0.2) is 34.3 Å². The van der Waals surface area contributed by atoms with Gasteiger partial charge in [0.05, 0.1) is 0 Å². The summed E-state index contributed by atoms with van der Waals surface area (Å²) in [5.41, 5.74) is 3.80. The average Bonchev–Trinajstić information content (AvgIpc) is 2.74. The zero-order valence-electron chi connectivity index (χ0n) is 10.3. The Hall–Kier alpha value is -1.50. The van der Waals surface area contributed by atoms with Crippen molar-refractivity contribution in [1.29, 1.82) is 0 Å². The lowest BCUT2D eigenvalue weighted by molar-refractivity contribution is 0.586. The third kappa shape index (κ3) is 2.14. The van der Waals surface area contributed by atoms with Crippen molar-refractivity contribution in [2.75, 3.05) is 0 Å². The van der Waals surface area contributed by atoms with Crippen LogP contribution in [0.1, 0.15) is 43.4 Å². The first-order valence-corrected chi connectivity index (χ1v) is 6.51. The van der Waals surface area contributed by atoms with Crippen molar-refractivity contribution in [3.8, 4) is 0 Å². The van der Waals surface area contributed by atoms with Gasteiger partial charge in [-0.1, -0.05) is 30.2 Å². The van der Waals surface area contributed by atoms with Gasteiger partial charge in [0.15, 0.2) is 0 Å². The molecule has 0 aliphatic heterocycles. The van der Waals surface area contributed by atoms with Crippen LogP contribution in [0, 0.1) is 6.92 Å². The molecule has 1 nitrogen and oxygen atoms in total. The molecule has 1 saturated carbocycles. The molecular weight excluding hydrogens is 208 g/mol. The van der Waals surface area contributed by atoms with Crippen LogP contribution in [0.25, 0.3) is 17.0 Å². The van der Waals surface area contributed by atoms with E-state index >= 15 is 0 Å². The van der Waals surface area contributed by atoms with Gasteiger partial charge in [0, 0.05) is 5.39 Å². The topological polar surface area (TPSA) is 13.1 Å². The average molecular weight is 226 g/mol. The molecule has 0 unspecified atom stereocenters. The monoisotopic (exact) mass is 226 g/mol. The van der Waals surface area contributed by atoms with E-state index in [2.05, 4.69) is 37.3 Å². The normalized spacial score (nSPS) is 16.4. The molecule has 0 N–H and O–H groups in total. The molecule has 1 aliphatic carbocycles. The van der Waals surface area contributed by atoms with Crippen molar-refractivity contribution < 1.29 is 4.42 Å². The Kier molecular flexibility index (Phi) is 2.76. The molecule has 0 amide bonds. The summed E-state index contributed by atoms with van der Waals surface area (Å²) in [5, 5.41) is 1.22. The van der Waals surface area contributed by atoms with E-state index in [1.165, 1.54) is 43.1 Å². The Morgan fingerprint density at radius 2 is 1.94 bits per heavy atom. The molecule has 0 atom stereocenters. The van der Waals surface area contributed by atoms with Gasteiger partial charge in [-0.25, -0.2) is 0 Å². The highest BCUT2D eigenvalue weighted by molar-refractivity contribution is 5.82. The van der Waals surface area contributed by atoms with Crippen LogP contribution in [-0.2, 0) is 0 Å². The van der Waals surface area contributed by atoms with Gasteiger partial charge in [-0.05, 0) is 50.3 Å². The van der Waals surface area contributed by atoms with E-state index in [1.54, 1.807) is 5.57 Å². The minimum absolute atomic E-state index is 1.02. The van der Waals surface area contributed by atoms with Crippen LogP contribution in [0.3, 0.4) is 0 Å². The number of hydrogen-bond donors (Lipinski definition) is 0. The van der Waals surface area contributed by atoms with Gasteiger partial charge in [0.25, 0.3) is 0 Å². The van der Waals surface area contributed by atoms with Gasteiger partial charge in [-0.15, -0.1) is 0 Å². The molecule has 3 rings (SSSR count). The molecule has 1 aliphatic rings. The van der Waals surface area contributed by atoms with E-state index in [-0.39, 0.29) is 0 Å². The van der Waals surface area contributed by atoms with Crippen LogP contribution in [-0.4, -0.2) is 0 Å². The van der Waals surface area contributed by atoms with E-state index in [0.29, 0.717) is 0 Å². The minimum atomic E-state index is 1.02. The number of benzene rings is 1. The second kappa shape index (κ2) is 4.40. The Labute approximate surface area is 102 Å². The first-order chi connectivity index (χ1) is 8.33. The maximum absolute atomic E-state index is 5.93. The van der Waals surface area contributed by atoms with Crippen LogP contribution in [0.2, 0.25) is 0 Å². The lowest BCUT2D eigenvalue weighted by Crippen LogP contribution is -1.92. The van der Waals surface area contributed by atoms with Crippen molar-refractivity contribution in [3.05, 3.63) is 41.2 Å². The Balaban J connectivity index is 1.98. The number of para-hydroxylation sites is 1. The van der Waals surface area contributed by atoms with E-state index in [9.17, 15) is 0 Å². The summed E-state index contributed by atoms with van der Waals surface area (Å²) in [6.45, 7) is 2.10. The van der Waals surface area contributed by atoms with Crippen molar-refractivity contribution in [3.63, 3.8) is 0 Å². The first-order valence-electron chi connectivity index (χ1n) is 6.51. The minimum Gasteiger partial charge on any atom is -0.456 e. The van der Waals surface area contributed by atoms with Crippen LogP contribution in [0.5, 0.6) is 0 Å². The molecule has 1 heteroatoms. The summed E-state index contributed by atoms with van der Waals surface area (Å²) < 4.78 is 5.93. The number of furan rings is 1. The molecule has 1 heterocycles.